The molecule has 1 N–H and O–H groups in total. The second-order valence-electron chi connectivity index (χ2n) is 5.62. The monoisotopic (exact) mass is 282 g/mol. The predicted octanol–water partition coefficient (Wildman–Crippen LogP) is 4.55. The Morgan fingerprint density at radius 3 is 2.14 bits per heavy atom. The second-order valence-corrected chi connectivity index (χ2v) is 5.62. The molecule has 0 saturated carbocycles. The number of aryl methyl sites for hydroxylation is 3. The fourth-order valence-electron chi connectivity index (χ4n) is 2.88. The van der Waals surface area contributed by atoms with Crippen molar-refractivity contribution in [3.05, 3.63) is 59.2 Å². The quantitative estimate of drug-likeness (QED) is 0.836. The minimum Gasteiger partial charge on any atom is -0.383 e. The molecule has 0 atom stereocenters. The first-order valence-corrected chi connectivity index (χ1v) is 7.73. The summed E-state index contributed by atoms with van der Waals surface area (Å²) in [5.74, 6) is 0. The lowest BCUT2D eigenvalue weighted by molar-refractivity contribution is 0.834. The highest BCUT2D eigenvalue weighted by Gasteiger charge is 2.06. The fourth-order valence-corrected chi connectivity index (χ4v) is 2.88. The summed E-state index contributed by atoms with van der Waals surface area (Å²) in [7, 11) is 0. The fraction of sp³-hybridized carbons (Fsp3) is 0.368. The van der Waals surface area contributed by atoms with Gasteiger partial charge in [0, 0.05) is 31.0 Å². The molecule has 0 amide bonds. The lowest BCUT2D eigenvalue weighted by Gasteiger charge is -2.24. The van der Waals surface area contributed by atoms with Crippen LogP contribution in [0.5, 0.6) is 0 Å². The van der Waals surface area contributed by atoms with E-state index in [1.165, 1.54) is 28.1 Å². The minimum atomic E-state index is 0.952. The van der Waals surface area contributed by atoms with Gasteiger partial charge >= 0.3 is 0 Å². The number of hydrogen-bond donors (Lipinski definition) is 1. The van der Waals surface area contributed by atoms with Crippen LogP contribution < -0.4 is 10.2 Å². The van der Waals surface area contributed by atoms with Crippen LogP contribution in [0.3, 0.4) is 0 Å². The van der Waals surface area contributed by atoms with E-state index < -0.39 is 0 Å². The Morgan fingerprint density at radius 2 is 1.57 bits per heavy atom. The molecule has 0 heterocycles. The molecule has 2 aromatic carbocycles. The summed E-state index contributed by atoms with van der Waals surface area (Å²) in [6.45, 7) is 11.7. The zero-order valence-corrected chi connectivity index (χ0v) is 13.6. The van der Waals surface area contributed by atoms with Gasteiger partial charge < -0.3 is 10.2 Å². The van der Waals surface area contributed by atoms with Crippen LogP contribution in [-0.4, -0.2) is 19.6 Å². The van der Waals surface area contributed by atoms with E-state index in [0.29, 0.717) is 0 Å². The van der Waals surface area contributed by atoms with E-state index in [2.05, 4.69) is 80.4 Å². The second kappa shape index (κ2) is 7.16. The first-order valence-electron chi connectivity index (χ1n) is 7.73. The molecule has 0 aliphatic carbocycles. The molecule has 21 heavy (non-hydrogen) atoms. The molecular weight excluding hydrogens is 256 g/mol. The molecule has 2 rings (SSSR count). The molecule has 2 heteroatoms. The summed E-state index contributed by atoms with van der Waals surface area (Å²) in [5, 5.41) is 3.60. The molecule has 0 aromatic heterocycles. The first-order chi connectivity index (χ1) is 10.1. The number of benzene rings is 2. The largest absolute Gasteiger partial charge is 0.383 e. The van der Waals surface area contributed by atoms with Gasteiger partial charge in [-0.3, -0.25) is 0 Å². The molecular formula is C19H26N2. The third-order valence-corrected chi connectivity index (χ3v) is 3.86. The van der Waals surface area contributed by atoms with Gasteiger partial charge in [-0.2, -0.15) is 0 Å². The van der Waals surface area contributed by atoms with E-state index >= 15 is 0 Å². The van der Waals surface area contributed by atoms with Crippen LogP contribution in [0.15, 0.2) is 42.5 Å². The normalized spacial score (nSPS) is 10.5. The topological polar surface area (TPSA) is 15.3 Å². The van der Waals surface area contributed by atoms with E-state index in [0.717, 1.165) is 19.6 Å². The predicted molar refractivity (Wildman–Crippen MR) is 93.5 cm³/mol. The maximum atomic E-state index is 3.60. The van der Waals surface area contributed by atoms with Crippen LogP contribution in [0.2, 0.25) is 0 Å². The zero-order valence-electron chi connectivity index (χ0n) is 13.6. The maximum absolute atomic E-state index is 3.60. The van der Waals surface area contributed by atoms with Crippen molar-refractivity contribution in [2.45, 2.75) is 27.7 Å². The first kappa shape index (κ1) is 15.4. The van der Waals surface area contributed by atoms with Gasteiger partial charge in [-0.1, -0.05) is 35.9 Å². The van der Waals surface area contributed by atoms with Gasteiger partial charge in [-0.25, -0.2) is 0 Å². The molecule has 0 bridgehead atoms. The standard InChI is InChI=1S/C19H26N2/c1-5-21(18-9-7-6-8-10-18)12-11-20-19-16(3)13-15(2)14-17(19)4/h6-10,13-14,20H,5,11-12H2,1-4H3. The Hall–Kier alpha value is -1.96. The molecule has 0 aliphatic rings. The summed E-state index contributed by atoms with van der Waals surface area (Å²) < 4.78 is 0. The van der Waals surface area contributed by atoms with Gasteiger partial charge in [0.05, 0.1) is 0 Å². The number of nitrogens with one attached hydrogen (secondary N) is 1. The summed E-state index contributed by atoms with van der Waals surface area (Å²) in [6, 6.07) is 15.1. The number of rotatable bonds is 6. The molecule has 0 aliphatic heterocycles. The number of hydrogen-bond acceptors (Lipinski definition) is 2. The summed E-state index contributed by atoms with van der Waals surface area (Å²) in [5.41, 5.74) is 6.56. The van der Waals surface area contributed by atoms with Gasteiger partial charge in [0.1, 0.15) is 0 Å². The van der Waals surface area contributed by atoms with Crippen molar-refractivity contribution in [1.82, 2.24) is 0 Å². The number of para-hydroxylation sites is 1. The molecule has 0 saturated heterocycles. The Kier molecular flexibility index (Phi) is 5.26. The SMILES string of the molecule is CCN(CCNc1c(C)cc(C)cc1C)c1ccccc1. The minimum absolute atomic E-state index is 0.952. The molecule has 0 unspecified atom stereocenters. The van der Waals surface area contributed by atoms with Gasteiger partial charge in [0.2, 0.25) is 0 Å². The Morgan fingerprint density at radius 1 is 0.952 bits per heavy atom. The molecule has 2 aromatic rings. The highest BCUT2D eigenvalue weighted by Crippen LogP contribution is 2.21. The van der Waals surface area contributed by atoms with E-state index in [-0.39, 0.29) is 0 Å². The van der Waals surface area contributed by atoms with E-state index in [9.17, 15) is 0 Å². The molecule has 2 nitrogen and oxygen atoms in total. The summed E-state index contributed by atoms with van der Waals surface area (Å²) in [4.78, 5) is 2.39. The van der Waals surface area contributed by atoms with Gasteiger partial charge in [0.25, 0.3) is 0 Å². The molecule has 112 valence electrons. The average molecular weight is 282 g/mol. The number of nitrogens with zero attached hydrogens (tertiary/aromatic N) is 1. The van der Waals surface area contributed by atoms with E-state index in [4.69, 9.17) is 0 Å². The van der Waals surface area contributed by atoms with Crippen LogP contribution in [0.1, 0.15) is 23.6 Å². The third kappa shape index (κ3) is 4.01. The van der Waals surface area contributed by atoms with Crippen LogP contribution in [0.25, 0.3) is 0 Å². The Labute approximate surface area is 128 Å². The van der Waals surface area contributed by atoms with Crippen LogP contribution in [0.4, 0.5) is 11.4 Å². The smallest absolute Gasteiger partial charge is 0.0400 e. The van der Waals surface area contributed by atoms with Gasteiger partial charge in [-0.15, -0.1) is 0 Å². The van der Waals surface area contributed by atoms with Crippen molar-refractivity contribution in [1.29, 1.82) is 0 Å². The van der Waals surface area contributed by atoms with Crippen molar-refractivity contribution in [3.63, 3.8) is 0 Å². The number of anilines is 2. The highest BCUT2D eigenvalue weighted by atomic mass is 15.1. The lowest BCUT2D eigenvalue weighted by atomic mass is 10.1. The van der Waals surface area contributed by atoms with Crippen molar-refractivity contribution in [2.24, 2.45) is 0 Å². The summed E-state index contributed by atoms with van der Waals surface area (Å²) >= 11 is 0. The number of likely N-dealkylation sites (N-methyl/N-ethyl adjacent to an activating group) is 1. The van der Waals surface area contributed by atoms with E-state index in [1.807, 2.05) is 0 Å². The molecule has 0 radical (unpaired) electrons. The van der Waals surface area contributed by atoms with Crippen molar-refractivity contribution < 1.29 is 0 Å². The molecule has 0 spiro atoms. The van der Waals surface area contributed by atoms with Crippen LogP contribution in [-0.2, 0) is 0 Å². The molecule has 0 fully saturated rings. The van der Waals surface area contributed by atoms with Crippen LogP contribution in [0, 0.1) is 20.8 Å². The average Bonchev–Trinajstić information content (AvgIpc) is 2.46. The van der Waals surface area contributed by atoms with Gasteiger partial charge in [-0.05, 0) is 51.0 Å². The van der Waals surface area contributed by atoms with Gasteiger partial charge in [0.15, 0.2) is 0 Å². The van der Waals surface area contributed by atoms with Crippen LogP contribution >= 0.6 is 0 Å². The van der Waals surface area contributed by atoms with Crippen molar-refractivity contribution in [2.75, 3.05) is 29.9 Å². The lowest BCUT2D eigenvalue weighted by Crippen LogP contribution is -2.28. The Bertz CT molecular complexity index is 552. The summed E-state index contributed by atoms with van der Waals surface area (Å²) in [6.07, 6.45) is 0. The van der Waals surface area contributed by atoms with E-state index in [1.54, 1.807) is 0 Å². The zero-order chi connectivity index (χ0) is 15.2. The van der Waals surface area contributed by atoms with Crippen molar-refractivity contribution >= 4 is 11.4 Å². The highest BCUT2D eigenvalue weighted by molar-refractivity contribution is 5.58. The van der Waals surface area contributed by atoms with Crippen molar-refractivity contribution in [3.8, 4) is 0 Å². The Balaban J connectivity index is 1.98. The maximum Gasteiger partial charge on any atom is 0.0400 e. The third-order valence-electron chi connectivity index (χ3n) is 3.86.